The number of allylic oxidation sites excluding steroid dienone is 4. The third-order valence-corrected chi connectivity index (χ3v) is 14.8. The van der Waals surface area contributed by atoms with E-state index in [1.807, 2.05) is 0 Å². The molecule has 11 nitrogen and oxygen atoms in total. The third-order valence-electron chi connectivity index (χ3n) is 13.8. The molecule has 2 N–H and O–H groups in total. The monoisotopic (exact) mass is 1070 g/mol. The maximum Gasteiger partial charge on any atom is 0.472 e. The van der Waals surface area contributed by atoms with E-state index in [4.69, 9.17) is 23.3 Å². The van der Waals surface area contributed by atoms with E-state index in [1.54, 1.807) is 0 Å². The number of esters is 3. The Balaban J connectivity index is 4.61. The van der Waals surface area contributed by atoms with E-state index in [0.29, 0.717) is 19.3 Å². The molecule has 0 saturated carbocycles. The first-order valence-corrected chi connectivity index (χ1v) is 32.7. The molecular weight excluding hydrogens is 952 g/mol. The van der Waals surface area contributed by atoms with Gasteiger partial charge < -0.3 is 24.2 Å². The average molecular weight is 1070 g/mol. The Kier molecular flexibility index (Phi) is 55.6. The van der Waals surface area contributed by atoms with Crippen molar-refractivity contribution in [3.63, 3.8) is 0 Å². The van der Waals surface area contributed by atoms with Gasteiger partial charge in [-0.25, -0.2) is 4.57 Å². The summed E-state index contributed by atoms with van der Waals surface area (Å²) >= 11 is 0. The Morgan fingerprint density at radius 2 is 0.622 bits per heavy atom. The number of ether oxygens (including phenoxy) is 3. The number of phosphoric acid groups is 1. The minimum Gasteiger partial charge on any atom is -0.462 e. The molecule has 0 aliphatic rings. The second-order valence-electron chi connectivity index (χ2n) is 21.2. The predicted molar refractivity (Wildman–Crippen MR) is 307 cm³/mol. The molecule has 0 spiro atoms. The number of phosphoric ester groups is 1. The molecule has 0 aliphatic heterocycles. The number of carbonyl (C=O) groups excluding carboxylic acids is 3. The molecule has 436 valence electrons. The van der Waals surface area contributed by atoms with Gasteiger partial charge in [0.05, 0.1) is 19.8 Å². The van der Waals surface area contributed by atoms with Gasteiger partial charge in [-0.2, -0.15) is 0 Å². The van der Waals surface area contributed by atoms with Crippen molar-refractivity contribution < 1.29 is 52.2 Å². The van der Waals surface area contributed by atoms with Crippen molar-refractivity contribution in [2.24, 2.45) is 0 Å². The number of unbranched alkanes of at least 4 members (excludes halogenated alkanes) is 38. The SMILES string of the molecule is CCCCCCCC/C=C\CCCCCCCCCCCC(=O)OC(COC(=O)CCCCCCCCCCCCC)COP(=O)(O)OCC(CO)OC(=O)CCCCCCCCC/C=C\CCCCCCCC. The topological polar surface area (TPSA) is 155 Å². The normalized spacial score (nSPS) is 13.4. The minimum atomic E-state index is -4.74. The van der Waals surface area contributed by atoms with Crippen molar-refractivity contribution in [2.45, 2.75) is 328 Å². The van der Waals surface area contributed by atoms with Crippen LogP contribution < -0.4 is 0 Å². The molecule has 0 aliphatic carbocycles. The molecule has 0 amide bonds. The molecule has 12 heteroatoms. The van der Waals surface area contributed by atoms with Crippen molar-refractivity contribution >= 4 is 25.7 Å². The third kappa shape index (κ3) is 54.7. The maximum absolute atomic E-state index is 12.9. The molecule has 0 aromatic rings. The Morgan fingerprint density at radius 3 is 0.932 bits per heavy atom. The number of carbonyl (C=O) groups is 3. The first-order chi connectivity index (χ1) is 36.2. The molecule has 0 bridgehead atoms. The summed E-state index contributed by atoms with van der Waals surface area (Å²) in [7, 11) is -4.74. The van der Waals surface area contributed by atoms with Crippen LogP contribution in [0.1, 0.15) is 316 Å². The fraction of sp³-hybridized carbons (Fsp3) is 0.887. The highest BCUT2D eigenvalue weighted by Crippen LogP contribution is 2.43. The Morgan fingerprint density at radius 1 is 0.365 bits per heavy atom. The fourth-order valence-corrected chi connectivity index (χ4v) is 9.84. The van der Waals surface area contributed by atoms with E-state index in [9.17, 15) is 28.9 Å². The molecule has 0 rings (SSSR count). The van der Waals surface area contributed by atoms with Gasteiger partial charge in [0.2, 0.25) is 0 Å². The van der Waals surface area contributed by atoms with Gasteiger partial charge in [-0.1, -0.05) is 251 Å². The summed E-state index contributed by atoms with van der Waals surface area (Å²) in [6.45, 7) is 4.68. The Bertz CT molecular complexity index is 1340. The zero-order chi connectivity index (χ0) is 54.1. The highest BCUT2D eigenvalue weighted by Gasteiger charge is 2.28. The lowest BCUT2D eigenvalue weighted by molar-refractivity contribution is -0.161. The zero-order valence-corrected chi connectivity index (χ0v) is 49.2. The Hall–Kier alpha value is -2.04. The highest BCUT2D eigenvalue weighted by molar-refractivity contribution is 7.47. The van der Waals surface area contributed by atoms with Gasteiger partial charge >= 0.3 is 25.7 Å². The maximum atomic E-state index is 12.9. The van der Waals surface area contributed by atoms with Gasteiger partial charge in [-0.05, 0) is 70.6 Å². The smallest absolute Gasteiger partial charge is 0.462 e. The number of hydrogen-bond acceptors (Lipinski definition) is 10. The second kappa shape index (κ2) is 57.1. The lowest BCUT2D eigenvalue weighted by Crippen LogP contribution is -2.30. The summed E-state index contributed by atoms with van der Waals surface area (Å²) in [5.74, 6) is -1.44. The van der Waals surface area contributed by atoms with Crippen LogP contribution in [0.25, 0.3) is 0 Å². The lowest BCUT2D eigenvalue weighted by Gasteiger charge is -2.21. The van der Waals surface area contributed by atoms with Crippen molar-refractivity contribution in [1.82, 2.24) is 0 Å². The predicted octanol–water partition coefficient (Wildman–Crippen LogP) is 18.6. The molecule has 0 aromatic carbocycles. The van der Waals surface area contributed by atoms with Crippen LogP contribution >= 0.6 is 7.82 Å². The molecule has 0 radical (unpaired) electrons. The van der Waals surface area contributed by atoms with Gasteiger partial charge in [-0.15, -0.1) is 0 Å². The zero-order valence-electron chi connectivity index (χ0n) is 48.3. The molecule has 74 heavy (non-hydrogen) atoms. The van der Waals surface area contributed by atoms with E-state index in [0.717, 1.165) is 64.2 Å². The van der Waals surface area contributed by atoms with Crippen molar-refractivity contribution in [1.29, 1.82) is 0 Å². The highest BCUT2D eigenvalue weighted by atomic mass is 31.2. The first-order valence-electron chi connectivity index (χ1n) is 31.2. The summed E-state index contributed by atoms with van der Waals surface area (Å²) in [5.41, 5.74) is 0. The van der Waals surface area contributed by atoms with Crippen LogP contribution in [-0.2, 0) is 42.2 Å². The molecular formula is C62H117O11P. The standard InChI is InChI=1S/C62H117O11P/c1-4-7-10-13-16-19-22-24-26-28-29-31-33-35-38-41-44-47-50-53-62(66)73-59(55-69-60(64)51-48-45-42-39-36-21-18-15-12-9-6-3)57-71-74(67,68)70-56-58(54-63)72-61(65)52-49-46-43-40-37-34-32-30-27-25-23-20-17-14-11-8-5-2/h24-27,58-59,63H,4-23,28-57H2,1-3H3,(H,67,68)/b26-24-,27-25-. The molecule has 0 aromatic heterocycles. The van der Waals surface area contributed by atoms with Crippen molar-refractivity contribution in [2.75, 3.05) is 26.4 Å². The average Bonchev–Trinajstić information content (AvgIpc) is 3.39. The second-order valence-corrected chi connectivity index (χ2v) is 22.7. The summed E-state index contributed by atoms with van der Waals surface area (Å²) in [6.07, 6.45) is 58.4. The van der Waals surface area contributed by atoms with Crippen LogP contribution in [0.3, 0.4) is 0 Å². The molecule has 0 saturated heterocycles. The van der Waals surface area contributed by atoms with Gasteiger partial charge in [0.15, 0.2) is 6.10 Å². The van der Waals surface area contributed by atoms with E-state index < -0.39 is 57.8 Å². The van der Waals surface area contributed by atoms with E-state index in [2.05, 4.69) is 45.1 Å². The number of aliphatic hydroxyl groups excluding tert-OH is 1. The first kappa shape index (κ1) is 72.0. The number of rotatable bonds is 59. The summed E-state index contributed by atoms with van der Waals surface area (Å²) in [4.78, 5) is 48.6. The van der Waals surface area contributed by atoms with Crippen molar-refractivity contribution in [3.8, 4) is 0 Å². The van der Waals surface area contributed by atoms with Gasteiger partial charge in [0.25, 0.3) is 0 Å². The van der Waals surface area contributed by atoms with Gasteiger partial charge in [-0.3, -0.25) is 23.4 Å². The van der Waals surface area contributed by atoms with E-state index in [1.165, 1.54) is 193 Å². The minimum absolute atomic E-state index is 0.171. The van der Waals surface area contributed by atoms with Crippen LogP contribution in [-0.4, -0.2) is 66.5 Å². The summed E-state index contributed by atoms with van der Waals surface area (Å²) in [6, 6.07) is 0. The largest absolute Gasteiger partial charge is 0.472 e. The number of hydrogen-bond donors (Lipinski definition) is 2. The molecule has 0 fully saturated rings. The number of aliphatic hydroxyl groups is 1. The molecule has 3 atom stereocenters. The summed E-state index contributed by atoms with van der Waals surface area (Å²) in [5, 5.41) is 9.83. The van der Waals surface area contributed by atoms with Crippen molar-refractivity contribution in [3.05, 3.63) is 24.3 Å². The van der Waals surface area contributed by atoms with Crippen LogP contribution in [0.4, 0.5) is 0 Å². The van der Waals surface area contributed by atoms with Gasteiger partial charge in [0.1, 0.15) is 12.7 Å². The van der Waals surface area contributed by atoms with E-state index >= 15 is 0 Å². The fourth-order valence-electron chi connectivity index (χ4n) is 9.05. The van der Waals surface area contributed by atoms with Crippen LogP contribution in [0, 0.1) is 0 Å². The Labute approximate surface area is 455 Å². The van der Waals surface area contributed by atoms with Gasteiger partial charge in [0, 0.05) is 19.3 Å². The lowest BCUT2D eigenvalue weighted by atomic mass is 10.1. The van der Waals surface area contributed by atoms with Crippen LogP contribution in [0.5, 0.6) is 0 Å². The molecule has 3 unspecified atom stereocenters. The van der Waals surface area contributed by atoms with Crippen LogP contribution in [0.2, 0.25) is 0 Å². The summed E-state index contributed by atoms with van der Waals surface area (Å²) < 4.78 is 39.6. The van der Waals surface area contributed by atoms with E-state index in [-0.39, 0.29) is 25.9 Å². The van der Waals surface area contributed by atoms with Crippen LogP contribution in [0.15, 0.2) is 24.3 Å². The molecule has 0 heterocycles. The quantitative estimate of drug-likeness (QED) is 0.0197.